The number of allylic oxidation sites excluding steroid dienone is 10. The van der Waals surface area contributed by atoms with Gasteiger partial charge >= 0.3 is 0 Å². The van der Waals surface area contributed by atoms with Crippen molar-refractivity contribution in [3.8, 4) is 0 Å². The van der Waals surface area contributed by atoms with E-state index in [2.05, 4.69) is 102 Å². The zero-order valence-electron chi connectivity index (χ0n) is 27.5. The molecule has 0 aromatic carbocycles. The zero-order chi connectivity index (χ0) is 29.2. The molecule has 0 amide bonds. The molecule has 0 radical (unpaired) electrons. The lowest BCUT2D eigenvalue weighted by Gasteiger charge is -2.23. The summed E-state index contributed by atoms with van der Waals surface area (Å²) in [5.74, 6) is 11.2. The Balaban J connectivity index is 0.000000156. The summed E-state index contributed by atoms with van der Waals surface area (Å²) in [5.41, 5.74) is 0. The van der Waals surface area contributed by atoms with Gasteiger partial charge in [0, 0.05) is 2.74 Å². The van der Waals surface area contributed by atoms with E-state index in [1.807, 2.05) is 9.24 Å². The van der Waals surface area contributed by atoms with E-state index in [0.717, 1.165) is 71.0 Å². The number of hydrogen-bond acceptors (Lipinski definition) is 0. The van der Waals surface area contributed by atoms with Gasteiger partial charge in [-0.05, 0) is 123 Å². The molecule has 6 rings (SSSR count). The molecule has 38 heavy (non-hydrogen) atoms. The fourth-order valence-electron chi connectivity index (χ4n) is 9.41. The van der Waals surface area contributed by atoms with Crippen LogP contribution in [0, 0.1) is 71.0 Å². The Kier molecular flexibility index (Phi) is 11.9. The fourth-order valence-corrected chi connectivity index (χ4v) is 9.41. The standard InChI is InChI=1S/C14H26.C12H18.C10H12.CH5P/c1-5-8-12-10-11(4)13(7-3)14(12)9-6-2;1-3-5-10-8-9(2)11-6-4-7-12(10)11;1-2-9-7-4-5-8(6-7)10(9)3-1;1-2/h5,8,11-14H,6-7,9-10H2,1-4H3;3-5,7,9-12H,6,8H2,1-2H3;1-2,4-5,7-10H,3,6H2;2H2,1H3/b8-5+;5-3+;;/i;;;1D2. The molecule has 0 aliphatic heterocycles. The van der Waals surface area contributed by atoms with Gasteiger partial charge in [0.1, 0.15) is 0 Å². The molecular formula is C37H61P. The van der Waals surface area contributed by atoms with Gasteiger partial charge in [-0.25, -0.2) is 0 Å². The van der Waals surface area contributed by atoms with Gasteiger partial charge in [-0.1, -0.05) is 108 Å². The molecule has 0 saturated heterocycles. The van der Waals surface area contributed by atoms with Gasteiger partial charge < -0.3 is 0 Å². The Bertz CT molecular complexity index is 882. The topological polar surface area (TPSA) is 0 Å². The van der Waals surface area contributed by atoms with Gasteiger partial charge in [-0.15, -0.1) is 9.24 Å². The third-order valence-electron chi connectivity index (χ3n) is 11.0. The van der Waals surface area contributed by atoms with Crippen LogP contribution in [0.4, 0.5) is 0 Å². The molecule has 0 aromatic rings. The van der Waals surface area contributed by atoms with Crippen LogP contribution in [0.25, 0.3) is 0 Å². The smallest absolute Gasteiger partial charge is 0.0274 e. The third kappa shape index (κ3) is 7.25. The van der Waals surface area contributed by atoms with Crippen molar-refractivity contribution in [1.29, 1.82) is 0 Å². The van der Waals surface area contributed by atoms with E-state index in [9.17, 15) is 0 Å². The monoisotopic (exact) mass is 538 g/mol. The molecule has 0 N–H and O–H groups in total. The lowest BCUT2D eigenvalue weighted by atomic mass is 9.82. The zero-order valence-corrected chi connectivity index (χ0v) is 26.7. The second kappa shape index (κ2) is 15.8. The van der Waals surface area contributed by atoms with Gasteiger partial charge in [0.05, 0.1) is 0 Å². The molecule has 6 aliphatic carbocycles. The number of hydrogen-bond donors (Lipinski definition) is 0. The summed E-state index contributed by atoms with van der Waals surface area (Å²) < 4.78 is 12.4. The summed E-state index contributed by atoms with van der Waals surface area (Å²) in [6.07, 6.45) is 35.0. The van der Waals surface area contributed by atoms with E-state index in [-0.39, 0.29) is 0 Å². The Hall–Kier alpha value is -0.870. The van der Waals surface area contributed by atoms with E-state index < -0.39 is 6.62 Å². The minimum absolute atomic E-state index is 0.750. The number of fused-ring (bicyclic) bond motifs is 6. The largest absolute Gasteiger partial charge is 0.141 e. The maximum atomic E-state index is 6.21. The second-order valence-corrected chi connectivity index (χ2v) is 13.1. The summed E-state index contributed by atoms with van der Waals surface area (Å²) in [4.78, 5) is 0. The molecule has 0 heterocycles. The van der Waals surface area contributed by atoms with Gasteiger partial charge in [-0.2, -0.15) is 0 Å². The molecule has 3 fully saturated rings. The van der Waals surface area contributed by atoms with Crippen LogP contribution in [0.1, 0.15) is 95.7 Å². The first-order valence-corrected chi connectivity index (χ1v) is 16.8. The summed E-state index contributed by atoms with van der Waals surface area (Å²) in [6, 6.07) is 0. The number of rotatable bonds is 5. The van der Waals surface area contributed by atoms with Crippen LogP contribution in [-0.2, 0) is 0 Å². The minimum Gasteiger partial charge on any atom is -0.141 e. The minimum atomic E-state index is -0.750. The predicted molar refractivity (Wildman–Crippen MR) is 174 cm³/mol. The average Bonchev–Trinajstić information content (AvgIpc) is 3.74. The van der Waals surface area contributed by atoms with Crippen LogP contribution < -0.4 is 0 Å². The molecule has 0 aromatic heterocycles. The first kappa shape index (κ1) is 28.7. The first-order valence-electron chi connectivity index (χ1n) is 17.3. The van der Waals surface area contributed by atoms with E-state index in [4.69, 9.17) is 2.74 Å². The summed E-state index contributed by atoms with van der Waals surface area (Å²) in [7, 11) is 1.99. The Labute approximate surface area is 243 Å². The second-order valence-electron chi connectivity index (χ2n) is 13.1. The molecule has 0 spiro atoms. The molecule has 13 unspecified atom stereocenters. The molecule has 13 atom stereocenters. The molecule has 3 saturated carbocycles. The highest BCUT2D eigenvalue weighted by atomic mass is 31.0. The van der Waals surface area contributed by atoms with Crippen molar-refractivity contribution in [1.82, 2.24) is 0 Å². The summed E-state index contributed by atoms with van der Waals surface area (Å²) >= 11 is 0. The van der Waals surface area contributed by atoms with Gasteiger partial charge in [0.2, 0.25) is 0 Å². The summed E-state index contributed by atoms with van der Waals surface area (Å²) in [5, 5.41) is 0. The van der Waals surface area contributed by atoms with Crippen molar-refractivity contribution in [2.24, 2.45) is 71.0 Å². The van der Waals surface area contributed by atoms with Crippen LogP contribution in [0.3, 0.4) is 0 Å². The highest BCUT2D eigenvalue weighted by Gasteiger charge is 2.44. The van der Waals surface area contributed by atoms with Crippen LogP contribution in [0.15, 0.2) is 60.8 Å². The molecular weight excluding hydrogens is 475 g/mol. The van der Waals surface area contributed by atoms with E-state index >= 15 is 0 Å². The maximum Gasteiger partial charge on any atom is 0.0274 e. The molecule has 1 heteroatoms. The Morgan fingerprint density at radius 2 is 1.37 bits per heavy atom. The lowest BCUT2D eigenvalue weighted by molar-refractivity contribution is 0.282. The Morgan fingerprint density at radius 1 is 0.763 bits per heavy atom. The molecule has 6 aliphatic rings. The molecule has 0 nitrogen and oxygen atoms in total. The van der Waals surface area contributed by atoms with Crippen LogP contribution in [0.2, 0.25) is 0 Å². The van der Waals surface area contributed by atoms with Crippen LogP contribution in [0.5, 0.6) is 0 Å². The normalized spacial score (nSPS) is 43.9. The lowest BCUT2D eigenvalue weighted by Crippen LogP contribution is -2.15. The van der Waals surface area contributed by atoms with Crippen molar-refractivity contribution >= 4 is 9.24 Å². The highest BCUT2D eigenvalue weighted by molar-refractivity contribution is 7.15. The maximum absolute atomic E-state index is 6.21. The molecule has 2 bridgehead atoms. The first-order chi connectivity index (χ1) is 19.2. The van der Waals surface area contributed by atoms with Crippen molar-refractivity contribution in [3.63, 3.8) is 0 Å². The van der Waals surface area contributed by atoms with Gasteiger partial charge in [0.15, 0.2) is 0 Å². The van der Waals surface area contributed by atoms with Crippen LogP contribution in [-0.4, -0.2) is 6.62 Å². The Morgan fingerprint density at radius 3 is 2.00 bits per heavy atom. The van der Waals surface area contributed by atoms with Gasteiger partial charge in [0.25, 0.3) is 0 Å². The van der Waals surface area contributed by atoms with E-state index in [1.54, 1.807) is 0 Å². The molecule has 214 valence electrons. The summed E-state index contributed by atoms with van der Waals surface area (Å²) in [6.45, 7) is 13.1. The predicted octanol–water partition coefficient (Wildman–Crippen LogP) is 10.9. The van der Waals surface area contributed by atoms with Crippen molar-refractivity contribution in [2.45, 2.75) is 92.9 Å². The van der Waals surface area contributed by atoms with Crippen molar-refractivity contribution < 1.29 is 2.74 Å². The van der Waals surface area contributed by atoms with Crippen molar-refractivity contribution in [3.05, 3.63) is 60.8 Å². The average molecular weight is 539 g/mol. The van der Waals surface area contributed by atoms with E-state index in [0.29, 0.717) is 0 Å². The van der Waals surface area contributed by atoms with E-state index in [1.165, 1.54) is 51.4 Å². The SMILES string of the molecule is C/C=C/C1CC(C)C(CC)C1CCC.C/C=C/C1CC(C)C2CC=CC12.C1=CC2C3C=CC(C3)C2C1.[2H]C([2H])P. The fraction of sp³-hybridized carbons (Fsp3) is 0.730. The quantitative estimate of drug-likeness (QED) is 0.241. The van der Waals surface area contributed by atoms with Gasteiger partial charge in [-0.3, -0.25) is 0 Å². The highest BCUT2D eigenvalue weighted by Crippen LogP contribution is 2.52. The van der Waals surface area contributed by atoms with Crippen LogP contribution >= 0.6 is 9.24 Å². The third-order valence-corrected chi connectivity index (χ3v) is 11.0. The van der Waals surface area contributed by atoms with Crippen molar-refractivity contribution in [2.75, 3.05) is 6.62 Å².